The first-order chi connectivity index (χ1) is 10.2. The fraction of sp³-hybridized carbons (Fsp3) is 0.500. The molecule has 2 aromatic rings. The zero-order chi connectivity index (χ0) is 15.2. The van der Waals surface area contributed by atoms with Crippen molar-refractivity contribution in [2.75, 3.05) is 13.2 Å². The molecule has 0 aliphatic heterocycles. The highest BCUT2D eigenvalue weighted by molar-refractivity contribution is 6.04. The first-order valence-corrected chi connectivity index (χ1v) is 7.48. The lowest BCUT2D eigenvalue weighted by Crippen LogP contribution is -2.30. The van der Waals surface area contributed by atoms with E-state index in [0.29, 0.717) is 18.2 Å². The molecule has 5 nitrogen and oxygen atoms in total. The zero-order valence-corrected chi connectivity index (χ0v) is 12.7. The second-order valence-corrected chi connectivity index (χ2v) is 5.37. The molecule has 5 heteroatoms. The fourth-order valence-corrected chi connectivity index (χ4v) is 2.64. The summed E-state index contributed by atoms with van der Waals surface area (Å²) in [5, 5.41) is 17.2. The van der Waals surface area contributed by atoms with E-state index in [9.17, 15) is 4.79 Å². The minimum absolute atomic E-state index is 0.147. The second-order valence-electron chi connectivity index (χ2n) is 5.37. The van der Waals surface area contributed by atoms with Crippen molar-refractivity contribution < 1.29 is 9.90 Å². The lowest BCUT2D eigenvalue weighted by Gasteiger charge is -2.15. The Morgan fingerprint density at radius 1 is 1.38 bits per heavy atom. The molecule has 2 rings (SSSR count). The quantitative estimate of drug-likeness (QED) is 0.820. The van der Waals surface area contributed by atoms with Gasteiger partial charge in [0, 0.05) is 25.6 Å². The summed E-state index contributed by atoms with van der Waals surface area (Å²) in [6.07, 6.45) is 2.77. The van der Waals surface area contributed by atoms with Crippen molar-refractivity contribution in [2.24, 2.45) is 13.0 Å². The molecule has 1 amide bonds. The van der Waals surface area contributed by atoms with Gasteiger partial charge in [-0.25, -0.2) is 0 Å². The lowest BCUT2D eigenvalue weighted by atomic mass is 10.0. The number of carbonyl (C=O) groups is 1. The van der Waals surface area contributed by atoms with Crippen molar-refractivity contribution in [3.05, 3.63) is 30.0 Å². The van der Waals surface area contributed by atoms with E-state index in [0.717, 1.165) is 30.2 Å². The average Bonchev–Trinajstić information content (AvgIpc) is 2.83. The highest BCUT2D eigenvalue weighted by atomic mass is 16.3. The summed E-state index contributed by atoms with van der Waals surface area (Å²) in [5.41, 5.74) is 1.41. The Kier molecular flexibility index (Phi) is 5.33. The maximum Gasteiger partial charge on any atom is 0.272 e. The van der Waals surface area contributed by atoms with Gasteiger partial charge < -0.3 is 10.4 Å². The molecule has 2 N–H and O–H groups in total. The number of aliphatic hydroxyl groups is 1. The van der Waals surface area contributed by atoms with Crippen LogP contribution in [0.3, 0.4) is 0 Å². The maximum atomic E-state index is 12.3. The van der Waals surface area contributed by atoms with E-state index >= 15 is 0 Å². The van der Waals surface area contributed by atoms with Gasteiger partial charge in [0.1, 0.15) is 0 Å². The average molecular weight is 289 g/mol. The molecule has 1 unspecified atom stereocenters. The number of hydrogen-bond donors (Lipinski definition) is 2. The van der Waals surface area contributed by atoms with Gasteiger partial charge >= 0.3 is 0 Å². The maximum absolute atomic E-state index is 12.3. The van der Waals surface area contributed by atoms with E-state index in [2.05, 4.69) is 17.3 Å². The number of benzene rings is 1. The topological polar surface area (TPSA) is 67.2 Å². The van der Waals surface area contributed by atoms with E-state index in [-0.39, 0.29) is 12.5 Å². The predicted molar refractivity (Wildman–Crippen MR) is 83.1 cm³/mol. The van der Waals surface area contributed by atoms with Crippen molar-refractivity contribution in [2.45, 2.75) is 26.2 Å². The van der Waals surface area contributed by atoms with Crippen molar-refractivity contribution in [1.82, 2.24) is 15.1 Å². The van der Waals surface area contributed by atoms with Gasteiger partial charge in [-0.2, -0.15) is 5.10 Å². The summed E-state index contributed by atoms with van der Waals surface area (Å²) < 4.78 is 1.72. The SMILES string of the molecule is CCCC(CCO)CNC(=O)c1nn(C)c2ccccc12. The predicted octanol–water partition coefficient (Wildman–Crippen LogP) is 2.10. The molecule has 0 radical (unpaired) electrons. The van der Waals surface area contributed by atoms with Gasteiger partial charge in [0.05, 0.1) is 5.52 Å². The Bertz CT molecular complexity index is 601. The summed E-state index contributed by atoms with van der Waals surface area (Å²) >= 11 is 0. The van der Waals surface area contributed by atoms with Gasteiger partial charge in [0.15, 0.2) is 5.69 Å². The van der Waals surface area contributed by atoms with E-state index in [1.54, 1.807) is 4.68 Å². The number of para-hydroxylation sites is 1. The fourth-order valence-electron chi connectivity index (χ4n) is 2.64. The molecule has 0 fully saturated rings. The molecule has 21 heavy (non-hydrogen) atoms. The molecular formula is C16H23N3O2. The summed E-state index contributed by atoms with van der Waals surface area (Å²) in [5.74, 6) is 0.171. The van der Waals surface area contributed by atoms with Crippen LogP contribution in [-0.2, 0) is 7.05 Å². The van der Waals surface area contributed by atoms with Crippen LogP contribution in [0.5, 0.6) is 0 Å². The van der Waals surface area contributed by atoms with Gasteiger partial charge in [0.25, 0.3) is 5.91 Å². The molecule has 0 bridgehead atoms. The number of aromatic nitrogens is 2. The molecule has 0 saturated carbocycles. The van der Waals surface area contributed by atoms with Gasteiger partial charge in [-0.3, -0.25) is 9.48 Å². The third kappa shape index (κ3) is 3.61. The third-order valence-electron chi connectivity index (χ3n) is 3.76. The van der Waals surface area contributed by atoms with Crippen LogP contribution in [0.1, 0.15) is 36.7 Å². The Morgan fingerprint density at radius 3 is 2.86 bits per heavy atom. The minimum Gasteiger partial charge on any atom is -0.396 e. The minimum atomic E-state index is -0.147. The Balaban J connectivity index is 2.08. The van der Waals surface area contributed by atoms with Crippen molar-refractivity contribution in [3.8, 4) is 0 Å². The van der Waals surface area contributed by atoms with Crippen LogP contribution in [0.15, 0.2) is 24.3 Å². The van der Waals surface area contributed by atoms with Crippen LogP contribution in [0.4, 0.5) is 0 Å². The summed E-state index contributed by atoms with van der Waals surface area (Å²) in [6.45, 7) is 2.85. The number of rotatable bonds is 7. The first kappa shape index (κ1) is 15.5. The van der Waals surface area contributed by atoms with Crippen molar-refractivity contribution in [1.29, 1.82) is 0 Å². The third-order valence-corrected chi connectivity index (χ3v) is 3.76. The highest BCUT2D eigenvalue weighted by Crippen LogP contribution is 2.17. The summed E-state index contributed by atoms with van der Waals surface area (Å²) in [6, 6.07) is 7.70. The highest BCUT2D eigenvalue weighted by Gasteiger charge is 2.16. The number of carbonyl (C=O) groups excluding carboxylic acids is 1. The molecule has 1 aromatic carbocycles. The monoisotopic (exact) mass is 289 g/mol. The molecule has 0 aliphatic rings. The van der Waals surface area contributed by atoms with Gasteiger partial charge in [-0.15, -0.1) is 0 Å². The number of fused-ring (bicyclic) bond motifs is 1. The largest absolute Gasteiger partial charge is 0.396 e. The zero-order valence-electron chi connectivity index (χ0n) is 12.7. The van der Waals surface area contributed by atoms with Crippen molar-refractivity contribution >= 4 is 16.8 Å². The standard InChI is InChI=1S/C16H23N3O2/c1-3-6-12(9-10-20)11-17-16(21)15-13-7-4-5-8-14(13)19(2)18-15/h4-5,7-8,12,20H,3,6,9-11H2,1-2H3,(H,17,21). The molecule has 114 valence electrons. The normalized spacial score (nSPS) is 12.5. The van der Waals surface area contributed by atoms with Gasteiger partial charge in [-0.05, 0) is 24.8 Å². The molecule has 0 saturated heterocycles. The Labute approximate surface area is 125 Å². The van der Waals surface area contributed by atoms with E-state index < -0.39 is 0 Å². The number of aryl methyl sites for hydroxylation is 1. The smallest absolute Gasteiger partial charge is 0.272 e. The number of nitrogens with one attached hydrogen (secondary N) is 1. The molecule has 1 aromatic heterocycles. The van der Waals surface area contributed by atoms with Gasteiger partial charge in [-0.1, -0.05) is 31.5 Å². The van der Waals surface area contributed by atoms with Crippen molar-refractivity contribution in [3.63, 3.8) is 0 Å². The van der Waals surface area contributed by atoms with Gasteiger partial charge in [0.2, 0.25) is 0 Å². The van der Waals surface area contributed by atoms with Crippen LogP contribution < -0.4 is 5.32 Å². The number of aliphatic hydroxyl groups excluding tert-OH is 1. The molecular weight excluding hydrogens is 266 g/mol. The van der Waals surface area contributed by atoms with Crippen LogP contribution >= 0.6 is 0 Å². The van der Waals surface area contributed by atoms with Crippen LogP contribution in [0.2, 0.25) is 0 Å². The van der Waals surface area contributed by atoms with E-state index in [1.165, 1.54) is 0 Å². The number of nitrogens with zero attached hydrogens (tertiary/aromatic N) is 2. The summed E-state index contributed by atoms with van der Waals surface area (Å²) in [7, 11) is 1.84. The lowest BCUT2D eigenvalue weighted by molar-refractivity contribution is 0.0938. The molecule has 1 atom stereocenters. The van der Waals surface area contributed by atoms with E-state index in [4.69, 9.17) is 5.11 Å². The molecule has 1 heterocycles. The first-order valence-electron chi connectivity index (χ1n) is 7.48. The molecule has 0 aliphatic carbocycles. The Hall–Kier alpha value is -1.88. The molecule has 0 spiro atoms. The van der Waals surface area contributed by atoms with Crippen LogP contribution in [0.25, 0.3) is 10.9 Å². The summed E-state index contributed by atoms with van der Waals surface area (Å²) in [4.78, 5) is 12.3. The number of amides is 1. The van der Waals surface area contributed by atoms with Crippen LogP contribution in [-0.4, -0.2) is 33.9 Å². The van der Waals surface area contributed by atoms with Crippen LogP contribution in [0, 0.1) is 5.92 Å². The van der Waals surface area contributed by atoms with E-state index in [1.807, 2.05) is 31.3 Å². The second kappa shape index (κ2) is 7.22. The Morgan fingerprint density at radius 2 is 2.14 bits per heavy atom. The number of hydrogen-bond acceptors (Lipinski definition) is 3.